The second-order valence-corrected chi connectivity index (χ2v) is 5.18. The average Bonchev–Trinajstić information content (AvgIpc) is 3.04. The van der Waals surface area contributed by atoms with Crippen LogP contribution in [0, 0.1) is 0 Å². The summed E-state index contributed by atoms with van der Waals surface area (Å²) in [5.41, 5.74) is 0.275. The molecule has 1 aromatic heterocycles. The summed E-state index contributed by atoms with van der Waals surface area (Å²) in [6.07, 6.45) is 0. The van der Waals surface area contributed by atoms with Gasteiger partial charge >= 0.3 is 12.0 Å². The van der Waals surface area contributed by atoms with Gasteiger partial charge in [-0.3, -0.25) is 0 Å². The van der Waals surface area contributed by atoms with Gasteiger partial charge in [-0.1, -0.05) is 24.4 Å². The molecule has 1 heterocycles. The van der Waals surface area contributed by atoms with E-state index < -0.39 is 12.0 Å². The van der Waals surface area contributed by atoms with Crippen LogP contribution in [0.25, 0.3) is 0 Å². The lowest BCUT2D eigenvalue weighted by Crippen LogP contribution is -2.26. The van der Waals surface area contributed by atoms with Crippen molar-refractivity contribution in [3.8, 4) is 11.5 Å². The number of nitrogens with one attached hydrogen (secondary N) is 1. The Hall–Kier alpha value is -2.52. The molecular formula is C14H13ClN2O6S. The van der Waals surface area contributed by atoms with Crippen LogP contribution in [0.4, 0.5) is 16.4 Å². The number of benzene rings is 1. The smallest absolute Gasteiger partial charge is 0.371 e. The Balaban J connectivity index is 2.22. The number of urea groups is 1. The summed E-state index contributed by atoms with van der Waals surface area (Å²) in [5, 5.41) is 11.6. The Morgan fingerprint density at radius 1 is 1.25 bits per heavy atom. The van der Waals surface area contributed by atoms with E-state index in [4.69, 9.17) is 30.6 Å². The van der Waals surface area contributed by atoms with Gasteiger partial charge in [0.2, 0.25) is 11.6 Å². The summed E-state index contributed by atoms with van der Waals surface area (Å²) in [6, 6.07) is 4.76. The number of rotatable bonds is 5. The van der Waals surface area contributed by atoms with E-state index in [2.05, 4.69) is 18.1 Å². The van der Waals surface area contributed by atoms with Crippen LogP contribution in [-0.2, 0) is 0 Å². The van der Waals surface area contributed by atoms with Gasteiger partial charge in [0.1, 0.15) is 11.5 Å². The van der Waals surface area contributed by atoms with Crippen LogP contribution in [0.2, 0.25) is 5.02 Å². The number of methoxy groups -OCH3 is 2. The van der Waals surface area contributed by atoms with Gasteiger partial charge in [-0.05, 0) is 12.1 Å². The molecule has 0 saturated heterocycles. The SMILES string of the molecule is COc1cc(OC)c(NC(=O)N(S)c2ccc(C(=O)O)o2)cc1Cl. The van der Waals surface area contributed by atoms with Crippen molar-refractivity contribution in [1.29, 1.82) is 0 Å². The number of carboxylic acids is 1. The van der Waals surface area contributed by atoms with Gasteiger partial charge in [0.15, 0.2) is 0 Å². The van der Waals surface area contributed by atoms with Crippen molar-refractivity contribution in [3.63, 3.8) is 0 Å². The quantitative estimate of drug-likeness (QED) is 0.694. The molecule has 0 bridgehead atoms. The molecule has 0 aliphatic carbocycles. The van der Waals surface area contributed by atoms with Crippen LogP contribution in [0.1, 0.15) is 10.6 Å². The van der Waals surface area contributed by atoms with E-state index in [1.807, 2.05) is 0 Å². The van der Waals surface area contributed by atoms with Gasteiger partial charge in [0.05, 0.1) is 24.9 Å². The predicted molar refractivity (Wildman–Crippen MR) is 90.7 cm³/mol. The molecule has 128 valence electrons. The van der Waals surface area contributed by atoms with E-state index in [1.54, 1.807) is 0 Å². The number of ether oxygens (including phenoxy) is 2. The number of carbonyl (C=O) groups is 2. The molecule has 0 fully saturated rings. The van der Waals surface area contributed by atoms with Crippen LogP contribution >= 0.6 is 24.4 Å². The number of hydrogen-bond acceptors (Lipinski definition) is 6. The number of halogens is 1. The highest BCUT2D eigenvalue weighted by Crippen LogP contribution is 2.36. The van der Waals surface area contributed by atoms with Gasteiger partial charge < -0.3 is 24.3 Å². The molecule has 24 heavy (non-hydrogen) atoms. The minimum atomic E-state index is -1.26. The Labute approximate surface area is 147 Å². The Kier molecular flexibility index (Phi) is 5.47. The lowest BCUT2D eigenvalue weighted by Gasteiger charge is -2.16. The molecule has 8 nitrogen and oxygen atoms in total. The number of nitrogens with zero attached hydrogens (tertiary/aromatic N) is 1. The minimum absolute atomic E-state index is 0.0631. The molecule has 1 aromatic carbocycles. The molecule has 2 rings (SSSR count). The molecule has 0 radical (unpaired) electrons. The lowest BCUT2D eigenvalue weighted by molar-refractivity contribution is 0.0663. The molecule has 0 aliphatic rings. The normalized spacial score (nSPS) is 10.2. The fraction of sp³-hybridized carbons (Fsp3) is 0.143. The van der Waals surface area contributed by atoms with Crippen LogP contribution in [-0.4, -0.2) is 31.3 Å². The first-order chi connectivity index (χ1) is 11.4. The minimum Gasteiger partial charge on any atom is -0.495 e. The molecule has 2 N–H and O–H groups in total. The number of amides is 2. The highest BCUT2D eigenvalue weighted by molar-refractivity contribution is 7.82. The Bertz CT molecular complexity index is 779. The largest absolute Gasteiger partial charge is 0.495 e. The predicted octanol–water partition coefficient (Wildman–Crippen LogP) is 3.53. The van der Waals surface area contributed by atoms with Crippen LogP contribution in [0.15, 0.2) is 28.7 Å². The summed E-state index contributed by atoms with van der Waals surface area (Å²) < 4.78 is 16.0. The van der Waals surface area contributed by atoms with Gasteiger partial charge in [0.25, 0.3) is 0 Å². The van der Waals surface area contributed by atoms with Crippen molar-refractivity contribution in [3.05, 3.63) is 35.0 Å². The third-order valence-electron chi connectivity index (χ3n) is 2.92. The van der Waals surface area contributed by atoms with Crippen molar-refractivity contribution < 1.29 is 28.6 Å². The van der Waals surface area contributed by atoms with Crippen LogP contribution in [0.3, 0.4) is 0 Å². The third-order valence-corrected chi connectivity index (χ3v) is 3.59. The lowest BCUT2D eigenvalue weighted by atomic mass is 10.2. The molecule has 2 amide bonds. The van der Waals surface area contributed by atoms with E-state index in [-0.39, 0.29) is 22.4 Å². The summed E-state index contributed by atoms with van der Waals surface area (Å²) in [4.78, 5) is 23.0. The van der Waals surface area contributed by atoms with Crippen molar-refractivity contribution in [2.75, 3.05) is 23.8 Å². The molecule has 0 aliphatic heterocycles. The summed E-state index contributed by atoms with van der Waals surface area (Å²) in [6.45, 7) is 0. The number of thiol groups is 1. The molecule has 0 saturated carbocycles. The highest BCUT2D eigenvalue weighted by atomic mass is 35.5. The van der Waals surface area contributed by atoms with Gasteiger partial charge in [-0.15, -0.1) is 0 Å². The second kappa shape index (κ2) is 7.37. The summed E-state index contributed by atoms with van der Waals surface area (Å²) in [7, 11) is 2.87. The maximum Gasteiger partial charge on any atom is 0.371 e. The Morgan fingerprint density at radius 2 is 1.92 bits per heavy atom. The fourth-order valence-electron chi connectivity index (χ4n) is 1.78. The molecule has 0 unspecified atom stereocenters. The average molecular weight is 373 g/mol. The molecule has 0 atom stereocenters. The number of carboxylic acid groups (broad SMARTS) is 1. The van der Waals surface area contributed by atoms with Crippen molar-refractivity contribution in [2.24, 2.45) is 0 Å². The molecule has 10 heteroatoms. The summed E-state index contributed by atoms with van der Waals surface area (Å²) >= 11 is 10.0. The fourth-order valence-corrected chi connectivity index (χ4v) is 2.18. The van der Waals surface area contributed by atoms with E-state index in [9.17, 15) is 9.59 Å². The monoisotopic (exact) mass is 372 g/mol. The first kappa shape index (κ1) is 17.8. The van der Waals surface area contributed by atoms with E-state index >= 15 is 0 Å². The first-order valence-electron chi connectivity index (χ1n) is 6.42. The zero-order valence-electron chi connectivity index (χ0n) is 12.6. The molecule has 2 aromatic rings. The maximum atomic E-state index is 12.2. The van der Waals surface area contributed by atoms with Crippen LogP contribution in [0.5, 0.6) is 11.5 Å². The summed E-state index contributed by atoms with van der Waals surface area (Å²) in [5.74, 6) is -0.941. The van der Waals surface area contributed by atoms with E-state index in [0.717, 1.165) is 4.31 Å². The second-order valence-electron chi connectivity index (χ2n) is 4.37. The molecule has 0 spiro atoms. The number of carbonyl (C=O) groups excluding carboxylic acids is 1. The van der Waals surface area contributed by atoms with Gasteiger partial charge in [-0.2, -0.15) is 0 Å². The highest BCUT2D eigenvalue weighted by Gasteiger charge is 2.20. The third kappa shape index (κ3) is 3.69. The van der Waals surface area contributed by atoms with Gasteiger partial charge in [0, 0.05) is 12.1 Å². The van der Waals surface area contributed by atoms with Crippen molar-refractivity contribution in [1.82, 2.24) is 0 Å². The number of aromatic carboxylic acids is 1. The van der Waals surface area contributed by atoms with E-state index in [1.165, 1.54) is 38.5 Å². The topological polar surface area (TPSA) is 101 Å². The van der Waals surface area contributed by atoms with Crippen LogP contribution < -0.4 is 19.1 Å². The molecular weight excluding hydrogens is 360 g/mol. The standard InChI is InChI=1S/C14H13ClN2O6S/c1-21-10-6-11(22-2)8(5-7(10)15)16-14(20)17(24)12-4-3-9(23-12)13(18)19/h3-6,24H,1-2H3,(H,16,20)(H,18,19). The number of anilines is 2. The zero-order chi connectivity index (χ0) is 17.9. The first-order valence-corrected chi connectivity index (χ1v) is 7.19. The Morgan fingerprint density at radius 3 is 2.46 bits per heavy atom. The number of furan rings is 1. The van der Waals surface area contributed by atoms with Crippen molar-refractivity contribution >= 4 is 48.0 Å². The zero-order valence-corrected chi connectivity index (χ0v) is 14.2. The number of hydrogen-bond donors (Lipinski definition) is 3. The maximum absolute atomic E-state index is 12.2. The van der Waals surface area contributed by atoms with Gasteiger partial charge in [-0.25, -0.2) is 13.9 Å². The van der Waals surface area contributed by atoms with E-state index in [0.29, 0.717) is 11.5 Å². The van der Waals surface area contributed by atoms with Crippen molar-refractivity contribution in [2.45, 2.75) is 0 Å².